The highest BCUT2D eigenvalue weighted by molar-refractivity contribution is 7.63. The van der Waals surface area contributed by atoms with E-state index in [9.17, 15) is 4.57 Å². The van der Waals surface area contributed by atoms with Crippen molar-refractivity contribution in [3.8, 4) is 22.8 Å². The molecule has 1 aromatic heterocycles. The third kappa shape index (κ3) is 4.27. The molecule has 0 aliphatic carbocycles. The molecule has 0 saturated heterocycles. The Balaban J connectivity index is 1.50. The van der Waals surface area contributed by atoms with Crippen LogP contribution in [0, 0.1) is 0 Å². The minimum absolute atomic E-state index is 0.467. The summed E-state index contributed by atoms with van der Waals surface area (Å²) in [5.41, 5.74) is 1.77. The molecule has 0 radical (unpaired) electrons. The number of nitrogens with zero attached hydrogens (tertiary/aromatic N) is 1. The van der Waals surface area contributed by atoms with Crippen molar-refractivity contribution in [1.82, 2.24) is 4.98 Å². The average molecular weight is 437 g/mol. The summed E-state index contributed by atoms with van der Waals surface area (Å²) in [6, 6.07) is 35.6. The molecule has 0 aliphatic heterocycles. The van der Waals surface area contributed by atoms with Crippen LogP contribution in [0.3, 0.4) is 0 Å². The first-order chi connectivity index (χ1) is 15.7. The number of benzene rings is 4. The second-order valence-corrected chi connectivity index (χ2v) is 9.15. The predicted octanol–water partition coefficient (Wildman–Crippen LogP) is 6.88. The zero-order valence-electron chi connectivity index (χ0n) is 17.2. The number of pyridine rings is 1. The van der Waals surface area contributed by atoms with Crippen molar-refractivity contribution in [2.24, 2.45) is 0 Å². The van der Waals surface area contributed by atoms with Crippen molar-refractivity contribution in [1.29, 1.82) is 0 Å². The quantitative estimate of drug-likeness (QED) is 0.272. The van der Waals surface area contributed by atoms with Gasteiger partial charge < -0.3 is 9.05 Å². The highest BCUT2D eigenvalue weighted by Crippen LogP contribution is 2.47. The summed E-state index contributed by atoms with van der Waals surface area (Å²) in [5.74, 6) is 0.957. The smallest absolute Gasteiger partial charge is 0.413 e. The van der Waals surface area contributed by atoms with E-state index in [0.29, 0.717) is 16.8 Å². The maximum Gasteiger partial charge on any atom is 0.462 e. The third-order valence-electron chi connectivity index (χ3n) is 5.05. The monoisotopic (exact) mass is 437 g/mol. The Kier molecular flexibility index (Phi) is 5.45. The Morgan fingerprint density at radius 1 is 0.594 bits per heavy atom. The topological polar surface area (TPSA) is 48.4 Å². The molecular weight excluding hydrogens is 417 g/mol. The molecule has 0 spiro atoms. The minimum Gasteiger partial charge on any atom is -0.413 e. The van der Waals surface area contributed by atoms with Crippen LogP contribution in [0.25, 0.3) is 22.0 Å². The summed E-state index contributed by atoms with van der Waals surface area (Å²) in [7, 11) is -3.69. The molecule has 0 aliphatic rings. The van der Waals surface area contributed by atoms with E-state index in [1.165, 1.54) is 0 Å². The predicted molar refractivity (Wildman–Crippen MR) is 129 cm³/mol. The lowest BCUT2D eigenvalue weighted by Gasteiger charge is -2.20. The molecule has 0 amide bonds. The van der Waals surface area contributed by atoms with Crippen molar-refractivity contribution in [3.63, 3.8) is 0 Å². The van der Waals surface area contributed by atoms with Crippen LogP contribution in [-0.2, 0) is 4.57 Å². The second-order valence-electron chi connectivity index (χ2n) is 7.27. The number of aromatic nitrogens is 1. The van der Waals surface area contributed by atoms with Crippen LogP contribution < -0.4 is 14.4 Å². The molecule has 4 aromatic carbocycles. The largest absolute Gasteiger partial charge is 0.462 e. The van der Waals surface area contributed by atoms with Gasteiger partial charge in [0.2, 0.25) is 0 Å². The first-order valence-corrected chi connectivity index (χ1v) is 11.8. The lowest BCUT2D eigenvalue weighted by Crippen LogP contribution is -2.14. The van der Waals surface area contributed by atoms with Gasteiger partial charge in [-0.2, -0.15) is 0 Å². The first-order valence-electron chi connectivity index (χ1n) is 10.2. The Morgan fingerprint density at radius 3 is 1.72 bits per heavy atom. The fourth-order valence-corrected chi connectivity index (χ4v) is 4.98. The molecule has 0 saturated carbocycles. The summed E-state index contributed by atoms with van der Waals surface area (Å²) in [6.45, 7) is 0. The van der Waals surface area contributed by atoms with Crippen molar-refractivity contribution in [2.75, 3.05) is 0 Å². The number of fused-ring (bicyclic) bond motifs is 1. The molecule has 5 heteroatoms. The van der Waals surface area contributed by atoms with Gasteiger partial charge in [0.25, 0.3) is 0 Å². The maximum absolute atomic E-state index is 13.9. The van der Waals surface area contributed by atoms with E-state index in [0.717, 1.165) is 22.0 Å². The van der Waals surface area contributed by atoms with E-state index in [1.807, 2.05) is 79.0 Å². The number of hydrogen-bond donors (Lipinski definition) is 0. The fourth-order valence-electron chi connectivity index (χ4n) is 3.42. The first kappa shape index (κ1) is 20.0. The van der Waals surface area contributed by atoms with E-state index in [1.54, 1.807) is 36.4 Å². The van der Waals surface area contributed by atoms with Gasteiger partial charge in [-0.1, -0.05) is 72.8 Å². The van der Waals surface area contributed by atoms with Gasteiger partial charge in [0, 0.05) is 17.1 Å². The SMILES string of the molecule is O=P(Oc1ccccc1)(Oc1ccccc1)c1ccc(-c2cc3ccccc3cn2)cc1. The number of hydrogen-bond acceptors (Lipinski definition) is 4. The molecular formula is C27H20NO3P. The summed E-state index contributed by atoms with van der Waals surface area (Å²) < 4.78 is 25.7. The van der Waals surface area contributed by atoms with Gasteiger partial charge in [-0.3, -0.25) is 4.98 Å². The van der Waals surface area contributed by atoms with Gasteiger partial charge in [-0.05, 0) is 47.9 Å². The van der Waals surface area contributed by atoms with Crippen LogP contribution in [-0.4, -0.2) is 4.98 Å². The lowest BCUT2D eigenvalue weighted by molar-refractivity contribution is 0.399. The van der Waals surface area contributed by atoms with Crippen LogP contribution >= 0.6 is 7.60 Å². The van der Waals surface area contributed by atoms with Crippen LogP contribution in [0.4, 0.5) is 0 Å². The Hall–Kier alpha value is -3.88. The van der Waals surface area contributed by atoms with Crippen molar-refractivity contribution in [3.05, 3.63) is 121 Å². The summed E-state index contributed by atoms with van der Waals surface area (Å²) in [5, 5.41) is 2.67. The lowest BCUT2D eigenvalue weighted by atomic mass is 10.1. The van der Waals surface area contributed by atoms with Crippen LogP contribution in [0.2, 0.25) is 0 Å². The van der Waals surface area contributed by atoms with E-state index in [-0.39, 0.29) is 0 Å². The molecule has 5 aromatic rings. The molecule has 0 fully saturated rings. The van der Waals surface area contributed by atoms with Gasteiger partial charge in [-0.25, -0.2) is 4.57 Å². The molecule has 5 rings (SSSR count). The molecule has 0 N–H and O–H groups in total. The summed E-state index contributed by atoms with van der Waals surface area (Å²) in [6.07, 6.45) is 1.86. The fraction of sp³-hybridized carbons (Fsp3) is 0. The number of para-hydroxylation sites is 2. The van der Waals surface area contributed by atoms with E-state index < -0.39 is 7.60 Å². The van der Waals surface area contributed by atoms with E-state index in [4.69, 9.17) is 9.05 Å². The van der Waals surface area contributed by atoms with Crippen LogP contribution in [0.15, 0.2) is 121 Å². The highest BCUT2D eigenvalue weighted by Gasteiger charge is 2.31. The zero-order valence-corrected chi connectivity index (χ0v) is 18.1. The van der Waals surface area contributed by atoms with Crippen molar-refractivity contribution in [2.45, 2.75) is 0 Å². The molecule has 0 bridgehead atoms. The van der Waals surface area contributed by atoms with E-state index in [2.05, 4.69) is 11.1 Å². The zero-order chi connectivity index (χ0) is 21.8. The maximum atomic E-state index is 13.9. The van der Waals surface area contributed by atoms with Crippen molar-refractivity contribution < 1.29 is 13.6 Å². The van der Waals surface area contributed by atoms with Crippen molar-refractivity contribution >= 4 is 23.7 Å². The Labute approximate surface area is 186 Å². The summed E-state index contributed by atoms with van der Waals surface area (Å²) in [4.78, 5) is 4.57. The molecule has 1 heterocycles. The van der Waals surface area contributed by atoms with Crippen LogP contribution in [0.5, 0.6) is 11.5 Å². The minimum atomic E-state index is -3.69. The van der Waals surface area contributed by atoms with Gasteiger partial charge in [0.15, 0.2) is 0 Å². The van der Waals surface area contributed by atoms with Gasteiger partial charge >= 0.3 is 7.60 Å². The third-order valence-corrected chi connectivity index (χ3v) is 6.88. The van der Waals surface area contributed by atoms with Gasteiger partial charge in [0.05, 0.1) is 11.0 Å². The molecule has 4 nitrogen and oxygen atoms in total. The highest BCUT2D eigenvalue weighted by atomic mass is 31.2. The Bertz CT molecular complexity index is 1340. The standard InChI is InChI=1S/C27H20NO3P/c29-32(30-24-11-3-1-4-12-24,31-25-13-5-2-6-14-25)26-17-15-21(16-18-26)27-19-22-9-7-8-10-23(22)20-28-27/h1-20H. The second kappa shape index (κ2) is 8.70. The molecule has 0 unspecified atom stereocenters. The molecule has 32 heavy (non-hydrogen) atoms. The summed E-state index contributed by atoms with van der Waals surface area (Å²) >= 11 is 0. The molecule has 0 atom stereocenters. The van der Waals surface area contributed by atoms with Gasteiger partial charge in [0.1, 0.15) is 11.5 Å². The van der Waals surface area contributed by atoms with Crippen LogP contribution in [0.1, 0.15) is 0 Å². The van der Waals surface area contributed by atoms with Gasteiger partial charge in [-0.15, -0.1) is 0 Å². The average Bonchev–Trinajstić information content (AvgIpc) is 2.85. The van der Waals surface area contributed by atoms with E-state index >= 15 is 0 Å². The molecule has 156 valence electrons. The number of rotatable bonds is 6. The normalized spacial score (nSPS) is 11.2. The Morgan fingerprint density at radius 2 is 1.12 bits per heavy atom.